The summed E-state index contributed by atoms with van der Waals surface area (Å²) in [5, 5.41) is 13.3. The summed E-state index contributed by atoms with van der Waals surface area (Å²) in [5.74, 6) is 1.07. The summed E-state index contributed by atoms with van der Waals surface area (Å²) >= 11 is 0. The predicted octanol–water partition coefficient (Wildman–Crippen LogP) is 5.32. The van der Waals surface area contributed by atoms with Gasteiger partial charge in [0.15, 0.2) is 0 Å². The monoisotopic (exact) mass is 385 g/mol. The van der Waals surface area contributed by atoms with Crippen LogP contribution in [-0.4, -0.2) is 38.8 Å². The van der Waals surface area contributed by atoms with Gasteiger partial charge in [0.05, 0.1) is 0 Å². The topological polar surface area (TPSA) is 79.5 Å². The van der Waals surface area contributed by atoms with Gasteiger partial charge in [-0.25, -0.2) is 4.79 Å². The molecule has 0 saturated carbocycles. The van der Waals surface area contributed by atoms with E-state index in [2.05, 4.69) is 29.2 Å². The molecule has 1 aliphatic rings. The Kier molecular flexibility index (Phi) is 7.46. The van der Waals surface area contributed by atoms with E-state index in [9.17, 15) is 9.90 Å². The minimum atomic E-state index is -0.872. The second-order valence-electron chi connectivity index (χ2n) is 7.70. The van der Waals surface area contributed by atoms with Gasteiger partial charge in [0.25, 0.3) is 0 Å². The largest absolute Gasteiger partial charge is 0.465 e. The lowest BCUT2D eigenvalue weighted by Crippen LogP contribution is -2.35. The summed E-state index contributed by atoms with van der Waals surface area (Å²) in [6.45, 7) is 2.83. The van der Waals surface area contributed by atoms with Crippen molar-refractivity contribution in [3.05, 3.63) is 35.7 Å². The van der Waals surface area contributed by atoms with E-state index in [0.717, 1.165) is 24.8 Å². The molecule has 1 fully saturated rings. The van der Waals surface area contributed by atoms with Gasteiger partial charge in [0.1, 0.15) is 0 Å². The highest BCUT2D eigenvalue weighted by atomic mass is 16.5. The maximum Gasteiger partial charge on any atom is 0.407 e. The summed E-state index contributed by atoms with van der Waals surface area (Å²) in [7, 11) is 0. The van der Waals surface area contributed by atoms with Crippen LogP contribution in [0.1, 0.15) is 69.7 Å². The van der Waals surface area contributed by atoms with Crippen molar-refractivity contribution in [2.75, 3.05) is 6.54 Å². The molecule has 1 atom stereocenters. The first-order valence-electron chi connectivity index (χ1n) is 10.6. The smallest absolute Gasteiger partial charge is 0.407 e. The number of aromatic nitrogens is 2. The molecule has 152 valence electrons. The highest BCUT2D eigenvalue weighted by molar-refractivity contribution is 5.65. The van der Waals surface area contributed by atoms with Crippen LogP contribution in [0.3, 0.4) is 0 Å². The number of amides is 1. The molecule has 0 aliphatic carbocycles. The van der Waals surface area contributed by atoms with Gasteiger partial charge in [-0.2, -0.15) is 4.98 Å². The van der Waals surface area contributed by atoms with Crippen molar-refractivity contribution in [2.45, 2.75) is 77.2 Å². The van der Waals surface area contributed by atoms with Gasteiger partial charge in [0, 0.05) is 24.6 Å². The molecule has 2 aromatic rings. The standard InChI is InChI=1S/C22H31N3O3/c1-2-3-4-5-6-7-9-17-11-13-18(14-12-17)21-23-20(28-24-21)16-19-10-8-15-25(19)22(26)27/h11-14,19H,2-10,15-16H2,1H3,(H,26,27). The van der Waals surface area contributed by atoms with Gasteiger partial charge < -0.3 is 14.5 Å². The number of unbranched alkanes of at least 4 members (excludes halogenated alkanes) is 5. The van der Waals surface area contributed by atoms with Crippen LogP contribution in [0, 0.1) is 0 Å². The van der Waals surface area contributed by atoms with Crippen LogP contribution >= 0.6 is 0 Å². The lowest BCUT2D eigenvalue weighted by atomic mass is 10.0. The second kappa shape index (κ2) is 10.2. The number of hydrogen-bond donors (Lipinski definition) is 1. The van der Waals surface area contributed by atoms with Crippen LogP contribution < -0.4 is 0 Å². The molecule has 6 nitrogen and oxygen atoms in total. The number of benzene rings is 1. The Balaban J connectivity index is 1.50. The average molecular weight is 386 g/mol. The third-order valence-corrected chi connectivity index (χ3v) is 5.53. The average Bonchev–Trinajstić information content (AvgIpc) is 3.35. The molecule has 0 spiro atoms. The molecule has 2 heterocycles. The Bertz CT molecular complexity index is 742. The zero-order valence-electron chi connectivity index (χ0n) is 16.8. The Morgan fingerprint density at radius 2 is 1.93 bits per heavy atom. The molecule has 1 saturated heterocycles. The number of hydrogen-bond acceptors (Lipinski definition) is 4. The fraction of sp³-hybridized carbons (Fsp3) is 0.591. The first-order chi connectivity index (χ1) is 13.7. The van der Waals surface area contributed by atoms with Crippen LogP contribution in [0.4, 0.5) is 4.79 Å². The van der Waals surface area contributed by atoms with Crippen molar-refractivity contribution >= 4 is 6.09 Å². The second-order valence-corrected chi connectivity index (χ2v) is 7.70. The van der Waals surface area contributed by atoms with Gasteiger partial charge >= 0.3 is 6.09 Å². The number of carbonyl (C=O) groups is 1. The molecule has 6 heteroatoms. The molecule has 1 amide bonds. The van der Waals surface area contributed by atoms with Crippen molar-refractivity contribution in [1.82, 2.24) is 15.0 Å². The Morgan fingerprint density at radius 3 is 2.68 bits per heavy atom. The molecule has 1 N–H and O–H groups in total. The first kappa shape index (κ1) is 20.4. The van der Waals surface area contributed by atoms with Crippen LogP contribution in [0.5, 0.6) is 0 Å². The van der Waals surface area contributed by atoms with Gasteiger partial charge in [-0.05, 0) is 31.2 Å². The number of aryl methyl sites for hydroxylation is 1. The van der Waals surface area contributed by atoms with Crippen LogP contribution in [0.15, 0.2) is 28.8 Å². The van der Waals surface area contributed by atoms with Crippen LogP contribution in [0.25, 0.3) is 11.4 Å². The van der Waals surface area contributed by atoms with Crippen molar-refractivity contribution < 1.29 is 14.4 Å². The molecule has 3 rings (SSSR count). The summed E-state index contributed by atoms with van der Waals surface area (Å²) in [6, 6.07) is 8.30. The number of nitrogens with zero attached hydrogens (tertiary/aromatic N) is 3. The summed E-state index contributed by atoms with van der Waals surface area (Å²) in [5.41, 5.74) is 2.27. The van der Waals surface area contributed by atoms with Crippen LogP contribution in [-0.2, 0) is 12.8 Å². The number of rotatable bonds is 10. The lowest BCUT2D eigenvalue weighted by Gasteiger charge is -2.19. The van der Waals surface area contributed by atoms with E-state index in [1.807, 2.05) is 12.1 Å². The summed E-state index contributed by atoms with van der Waals surface area (Å²) < 4.78 is 5.37. The molecule has 0 radical (unpaired) electrons. The van der Waals surface area contributed by atoms with E-state index >= 15 is 0 Å². The van der Waals surface area contributed by atoms with E-state index in [4.69, 9.17) is 4.52 Å². The lowest BCUT2D eigenvalue weighted by molar-refractivity contribution is 0.138. The minimum absolute atomic E-state index is 0.0643. The van der Waals surface area contributed by atoms with Crippen LogP contribution in [0.2, 0.25) is 0 Å². The zero-order chi connectivity index (χ0) is 19.8. The van der Waals surface area contributed by atoms with Crippen molar-refractivity contribution in [3.8, 4) is 11.4 Å². The van der Waals surface area contributed by atoms with Gasteiger partial charge in [-0.1, -0.05) is 68.4 Å². The third kappa shape index (κ3) is 5.57. The van der Waals surface area contributed by atoms with Crippen molar-refractivity contribution in [3.63, 3.8) is 0 Å². The van der Waals surface area contributed by atoms with Gasteiger partial charge in [-0.3, -0.25) is 0 Å². The normalized spacial score (nSPS) is 16.6. The summed E-state index contributed by atoms with van der Waals surface area (Å²) in [4.78, 5) is 17.2. The fourth-order valence-corrected chi connectivity index (χ4v) is 3.89. The maximum absolute atomic E-state index is 11.3. The Hall–Kier alpha value is -2.37. The highest BCUT2D eigenvalue weighted by Gasteiger charge is 2.30. The van der Waals surface area contributed by atoms with Crippen molar-refractivity contribution in [2.24, 2.45) is 0 Å². The number of likely N-dealkylation sites (tertiary alicyclic amines) is 1. The molecule has 1 aromatic carbocycles. The minimum Gasteiger partial charge on any atom is -0.465 e. The van der Waals surface area contributed by atoms with E-state index in [-0.39, 0.29) is 6.04 Å². The Labute approximate surface area is 166 Å². The van der Waals surface area contributed by atoms with E-state index in [0.29, 0.717) is 24.7 Å². The molecular formula is C22H31N3O3. The molecule has 0 bridgehead atoms. The maximum atomic E-state index is 11.3. The summed E-state index contributed by atoms with van der Waals surface area (Å²) in [6.07, 6.45) is 10.3. The van der Waals surface area contributed by atoms with E-state index in [1.54, 1.807) is 0 Å². The first-order valence-corrected chi connectivity index (χ1v) is 10.6. The SMILES string of the molecule is CCCCCCCCc1ccc(-c2noc(CC3CCCN3C(=O)O)n2)cc1. The highest BCUT2D eigenvalue weighted by Crippen LogP contribution is 2.23. The van der Waals surface area contributed by atoms with Crippen molar-refractivity contribution in [1.29, 1.82) is 0 Å². The molecule has 28 heavy (non-hydrogen) atoms. The predicted molar refractivity (Wildman–Crippen MR) is 108 cm³/mol. The molecule has 1 aromatic heterocycles. The molecular weight excluding hydrogens is 354 g/mol. The quantitative estimate of drug-likeness (QED) is 0.560. The number of carboxylic acid groups (broad SMARTS) is 1. The van der Waals surface area contributed by atoms with Gasteiger partial charge in [-0.15, -0.1) is 0 Å². The van der Waals surface area contributed by atoms with E-state index < -0.39 is 6.09 Å². The zero-order valence-corrected chi connectivity index (χ0v) is 16.8. The van der Waals surface area contributed by atoms with Gasteiger partial charge in [0.2, 0.25) is 11.7 Å². The third-order valence-electron chi connectivity index (χ3n) is 5.53. The fourth-order valence-electron chi connectivity index (χ4n) is 3.89. The Morgan fingerprint density at radius 1 is 1.18 bits per heavy atom. The molecule has 1 aliphatic heterocycles. The van der Waals surface area contributed by atoms with E-state index in [1.165, 1.54) is 49.0 Å². The molecule has 1 unspecified atom stereocenters.